The fourth-order valence-corrected chi connectivity index (χ4v) is 4.74. The number of ketones is 1. The summed E-state index contributed by atoms with van der Waals surface area (Å²) in [5, 5.41) is 6.47. The minimum Gasteiger partial charge on any atom is -0.352 e. The number of carbonyl (C=O) groups is 2. The van der Waals surface area contributed by atoms with Crippen molar-refractivity contribution < 1.29 is 14.3 Å². The number of fused-ring (bicyclic) bond motifs is 1. The molecule has 1 fully saturated rings. The van der Waals surface area contributed by atoms with Crippen LogP contribution < -0.4 is 10.6 Å². The average Bonchev–Trinajstić information content (AvgIpc) is 3.15. The minimum atomic E-state index is -1.51. The lowest BCUT2D eigenvalue weighted by Gasteiger charge is -2.46. The number of para-hydroxylation sites is 1. The van der Waals surface area contributed by atoms with Gasteiger partial charge in [0.15, 0.2) is 0 Å². The second kappa shape index (κ2) is 7.32. The van der Waals surface area contributed by atoms with Crippen LogP contribution in [0.2, 0.25) is 5.02 Å². The highest BCUT2D eigenvalue weighted by Crippen LogP contribution is 2.43. The van der Waals surface area contributed by atoms with E-state index >= 15 is 0 Å². The maximum atomic E-state index is 13.4. The van der Waals surface area contributed by atoms with Gasteiger partial charge in [-0.05, 0) is 37.0 Å². The molecule has 6 heteroatoms. The van der Waals surface area contributed by atoms with Crippen molar-refractivity contribution in [2.24, 2.45) is 0 Å². The van der Waals surface area contributed by atoms with Crippen molar-refractivity contribution >= 4 is 29.0 Å². The van der Waals surface area contributed by atoms with E-state index < -0.39 is 17.4 Å². The van der Waals surface area contributed by atoms with Crippen LogP contribution in [0.1, 0.15) is 36.8 Å². The topological polar surface area (TPSA) is 67.4 Å². The first-order chi connectivity index (χ1) is 13.5. The normalized spacial score (nSPS) is 22.6. The Morgan fingerprint density at radius 1 is 1.07 bits per heavy atom. The second-order valence-corrected chi connectivity index (χ2v) is 8.00. The van der Waals surface area contributed by atoms with Crippen LogP contribution in [0.5, 0.6) is 0 Å². The van der Waals surface area contributed by atoms with Crippen molar-refractivity contribution in [1.82, 2.24) is 5.32 Å². The third-order valence-corrected chi connectivity index (χ3v) is 6.21. The van der Waals surface area contributed by atoms with E-state index in [-0.39, 0.29) is 5.54 Å². The molecule has 4 rings (SSSR count). The molecule has 0 saturated heterocycles. The molecule has 1 atom stereocenters. The number of rotatable bonds is 4. The van der Waals surface area contributed by atoms with Gasteiger partial charge in [0.2, 0.25) is 5.72 Å². The lowest BCUT2D eigenvalue weighted by atomic mass is 9.77. The lowest BCUT2D eigenvalue weighted by Crippen LogP contribution is -2.65. The third-order valence-electron chi connectivity index (χ3n) is 5.88. The smallest absolute Gasteiger partial charge is 0.296 e. The number of amides is 1. The number of hydrogen-bond donors (Lipinski definition) is 2. The van der Waals surface area contributed by atoms with E-state index in [0.29, 0.717) is 16.3 Å². The van der Waals surface area contributed by atoms with Crippen LogP contribution in [0, 0.1) is 0 Å². The van der Waals surface area contributed by atoms with Crippen molar-refractivity contribution in [3.8, 4) is 0 Å². The van der Waals surface area contributed by atoms with Gasteiger partial charge in [-0.2, -0.15) is 0 Å². The quantitative estimate of drug-likeness (QED) is 0.768. The summed E-state index contributed by atoms with van der Waals surface area (Å²) < 4.78 is 5.79. The van der Waals surface area contributed by atoms with Gasteiger partial charge >= 0.3 is 0 Å². The van der Waals surface area contributed by atoms with Crippen molar-refractivity contribution in [1.29, 1.82) is 0 Å². The molecule has 28 heavy (non-hydrogen) atoms. The Hall–Kier alpha value is -2.21. The van der Waals surface area contributed by atoms with E-state index in [2.05, 4.69) is 10.6 Å². The van der Waals surface area contributed by atoms with Gasteiger partial charge in [-0.25, -0.2) is 0 Å². The van der Waals surface area contributed by atoms with Crippen molar-refractivity contribution in [2.45, 2.75) is 43.4 Å². The zero-order valence-corrected chi connectivity index (χ0v) is 16.5. The molecular weight excluding hydrogens is 376 g/mol. The second-order valence-electron chi connectivity index (χ2n) is 7.59. The zero-order valence-electron chi connectivity index (χ0n) is 15.8. The highest BCUT2D eigenvalue weighted by molar-refractivity contribution is 6.44. The fraction of sp³-hybridized carbons (Fsp3) is 0.364. The summed E-state index contributed by atoms with van der Waals surface area (Å²) in [5.41, 5.74) is 0.404. The van der Waals surface area contributed by atoms with E-state index in [1.807, 2.05) is 24.3 Å². The summed E-state index contributed by atoms with van der Waals surface area (Å²) >= 11 is 6.13. The minimum absolute atomic E-state index is 0.231. The summed E-state index contributed by atoms with van der Waals surface area (Å²) in [6, 6.07) is 14.5. The summed E-state index contributed by atoms with van der Waals surface area (Å²) in [7, 11) is 1.47. The first-order valence-electron chi connectivity index (χ1n) is 9.53. The fourth-order valence-electron chi connectivity index (χ4n) is 4.56. The number of carbonyl (C=O) groups excluding carboxylic acids is 2. The van der Waals surface area contributed by atoms with Crippen molar-refractivity contribution in [2.75, 3.05) is 12.4 Å². The van der Waals surface area contributed by atoms with E-state index in [0.717, 1.165) is 37.7 Å². The predicted molar refractivity (Wildman–Crippen MR) is 108 cm³/mol. The number of Topliss-reactive ketones (excluding diaryl/α,β-unsaturated/α-hetero) is 1. The molecule has 0 aromatic heterocycles. The van der Waals surface area contributed by atoms with Gasteiger partial charge in [0.05, 0.1) is 10.7 Å². The molecule has 146 valence electrons. The van der Waals surface area contributed by atoms with Gasteiger partial charge in [0, 0.05) is 18.2 Å². The highest BCUT2D eigenvalue weighted by Gasteiger charge is 2.54. The number of benzene rings is 2. The van der Waals surface area contributed by atoms with E-state index in [4.69, 9.17) is 16.3 Å². The SMILES string of the molecule is COC1(C(=O)C(=O)Nc2ccccc2Cl)NC2(CCCC2)Cc2ccccc21. The molecular formula is C22H23ClN2O3. The first kappa shape index (κ1) is 19.1. The highest BCUT2D eigenvalue weighted by atomic mass is 35.5. The van der Waals surface area contributed by atoms with Gasteiger partial charge in [-0.3, -0.25) is 14.9 Å². The van der Waals surface area contributed by atoms with Crippen LogP contribution in [-0.4, -0.2) is 24.3 Å². The predicted octanol–water partition coefficient (Wildman–Crippen LogP) is 3.81. The Morgan fingerprint density at radius 2 is 1.75 bits per heavy atom. The summed E-state index contributed by atoms with van der Waals surface area (Å²) in [6.45, 7) is 0. The molecule has 2 aromatic rings. The van der Waals surface area contributed by atoms with E-state index in [1.54, 1.807) is 24.3 Å². The van der Waals surface area contributed by atoms with Crippen LogP contribution in [0.15, 0.2) is 48.5 Å². The molecule has 1 spiro atoms. The van der Waals surface area contributed by atoms with Gasteiger partial charge in [0.25, 0.3) is 11.7 Å². The summed E-state index contributed by atoms with van der Waals surface area (Å²) in [5.74, 6) is -1.43. The number of anilines is 1. The van der Waals surface area contributed by atoms with Gasteiger partial charge in [0.1, 0.15) is 0 Å². The van der Waals surface area contributed by atoms with Crippen molar-refractivity contribution in [3.63, 3.8) is 0 Å². The first-order valence-corrected chi connectivity index (χ1v) is 9.91. The monoisotopic (exact) mass is 398 g/mol. The molecule has 2 aliphatic rings. The van der Waals surface area contributed by atoms with E-state index in [1.165, 1.54) is 7.11 Å². The number of halogens is 1. The molecule has 0 radical (unpaired) electrons. The summed E-state index contributed by atoms with van der Waals surface area (Å²) in [4.78, 5) is 26.3. The molecule has 2 aromatic carbocycles. The number of hydrogen-bond acceptors (Lipinski definition) is 4. The zero-order chi connectivity index (χ0) is 19.8. The maximum Gasteiger partial charge on any atom is 0.296 e. The molecule has 1 unspecified atom stereocenters. The molecule has 1 heterocycles. The number of methoxy groups -OCH3 is 1. The molecule has 1 aliphatic carbocycles. The van der Waals surface area contributed by atoms with Crippen LogP contribution in [0.3, 0.4) is 0 Å². The third kappa shape index (κ3) is 3.13. The van der Waals surface area contributed by atoms with Crippen LogP contribution in [0.25, 0.3) is 0 Å². The maximum absolute atomic E-state index is 13.4. The Balaban J connectivity index is 1.73. The Bertz CT molecular complexity index is 924. The van der Waals surface area contributed by atoms with Gasteiger partial charge < -0.3 is 10.1 Å². The van der Waals surface area contributed by atoms with Crippen molar-refractivity contribution in [3.05, 3.63) is 64.7 Å². The van der Waals surface area contributed by atoms with Crippen LogP contribution >= 0.6 is 11.6 Å². The molecule has 1 saturated carbocycles. The number of ether oxygens (including phenoxy) is 1. The Labute approximate surface area is 169 Å². The summed E-state index contributed by atoms with van der Waals surface area (Å²) in [6.07, 6.45) is 4.91. The largest absolute Gasteiger partial charge is 0.352 e. The van der Waals surface area contributed by atoms with Gasteiger partial charge in [-0.1, -0.05) is 60.8 Å². The Kier molecular flexibility index (Phi) is 5.00. The average molecular weight is 399 g/mol. The number of nitrogens with one attached hydrogen (secondary N) is 2. The molecule has 0 bridgehead atoms. The Morgan fingerprint density at radius 3 is 2.46 bits per heavy atom. The molecule has 1 amide bonds. The van der Waals surface area contributed by atoms with E-state index in [9.17, 15) is 9.59 Å². The van der Waals surface area contributed by atoms with Crippen LogP contribution in [0.4, 0.5) is 5.69 Å². The van der Waals surface area contributed by atoms with Gasteiger partial charge in [-0.15, -0.1) is 0 Å². The molecule has 1 aliphatic heterocycles. The lowest BCUT2D eigenvalue weighted by molar-refractivity contribution is -0.159. The standard InChI is InChI=1S/C22H23ClN2O3/c1-28-22(19(26)20(27)24-18-11-5-4-10-17(18)23)16-9-3-2-8-15(16)14-21(25-22)12-6-7-13-21/h2-5,8-11,25H,6-7,12-14H2,1H3,(H,24,27). The van der Waals surface area contributed by atoms with Crippen LogP contribution in [-0.2, 0) is 26.5 Å². The molecule has 2 N–H and O–H groups in total. The molecule has 5 nitrogen and oxygen atoms in total.